The minimum Gasteiger partial charge on any atom is -0.496 e. The molecule has 0 aliphatic carbocycles. The van der Waals surface area contributed by atoms with Crippen molar-refractivity contribution < 1.29 is 9.15 Å². The van der Waals surface area contributed by atoms with Crippen molar-refractivity contribution in [1.82, 2.24) is 0 Å². The van der Waals surface area contributed by atoms with E-state index in [1.807, 2.05) is 18.2 Å². The third kappa shape index (κ3) is 2.05. The molecule has 4 heteroatoms. The van der Waals surface area contributed by atoms with Gasteiger partial charge in [0.15, 0.2) is 0 Å². The first-order chi connectivity index (χ1) is 7.74. The summed E-state index contributed by atoms with van der Waals surface area (Å²) in [5.74, 6) is 2.17. The summed E-state index contributed by atoms with van der Waals surface area (Å²) in [6.45, 7) is 0.378. The molecule has 0 radical (unpaired) electrons. The van der Waals surface area contributed by atoms with E-state index in [1.54, 1.807) is 19.2 Å². The zero-order valence-corrected chi connectivity index (χ0v) is 9.62. The first-order valence-corrected chi connectivity index (χ1v) is 5.25. The summed E-state index contributed by atoms with van der Waals surface area (Å²) in [5, 5.41) is 0.640. The average Bonchev–Trinajstić information content (AvgIpc) is 2.77. The summed E-state index contributed by atoms with van der Waals surface area (Å²) < 4.78 is 10.8. The lowest BCUT2D eigenvalue weighted by atomic mass is 10.1. The van der Waals surface area contributed by atoms with Crippen LogP contribution in [-0.2, 0) is 6.54 Å². The van der Waals surface area contributed by atoms with E-state index >= 15 is 0 Å². The largest absolute Gasteiger partial charge is 0.496 e. The van der Waals surface area contributed by atoms with E-state index in [4.69, 9.17) is 26.5 Å². The lowest BCUT2D eigenvalue weighted by Gasteiger charge is -2.06. The van der Waals surface area contributed by atoms with Crippen molar-refractivity contribution in [1.29, 1.82) is 0 Å². The quantitative estimate of drug-likeness (QED) is 0.893. The fourth-order valence-electron chi connectivity index (χ4n) is 1.51. The van der Waals surface area contributed by atoms with Crippen LogP contribution in [-0.4, -0.2) is 7.11 Å². The summed E-state index contributed by atoms with van der Waals surface area (Å²) in [6.07, 6.45) is 0. The number of benzene rings is 1. The molecule has 0 fully saturated rings. The highest BCUT2D eigenvalue weighted by Crippen LogP contribution is 2.33. The van der Waals surface area contributed by atoms with Crippen LogP contribution in [0.25, 0.3) is 11.3 Å². The molecule has 0 amide bonds. The van der Waals surface area contributed by atoms with Gasteiger partial charge in [0.25, 0.3) is 0 Å². The number of ether oxygens (including phenoxy) is 1. The lowest BCUT2D eigenvalue weighted by Crippen LogP contribution is -1.92. The van der Waals surface area contributed by atoms with Crippen LogP contribution in [0.5, 0.6) is 5.75 Å². The molecule has 2 aromatic rings. The van der Waals surface area contributed by atoms with Crippen LogP contribution in [0, 0.1) is 0 Å². The van der Waals surface area contributed by atoms with Crippen LogP contribution in [0.4, 0.5) is 0 Å². The Hall–Kier alpha value is -1.45. The maximum absolute atomic E-state index is 5.94. The lowest BCUT2D eigenvalue weighted by molar-refractivity contribution is 0.414. The zero-order valence-electron chi connectivity index (χ0n) is 8.87. The molecule has 0 atom stereocenters. The minimum atomic E-state index is 0.378. The van der Waals surface area contributed by atoms with E-state index in [-0.39, 0.29) is 0 Å². The Balaban J connectivity index is 2.49. The first-order valence-electron chi connectivity index (χ1n) is 4.87. The van der Waals surface area contributed by atoms with Gasteiger partial charge in [-0.3, -0.25) is 0 Å². The second-order valence-electron chi connectivity index (χ2n) is 3.31. The van der Waals surface area contributed by atoms with Crippen molar-refractivity contribution in [3.8, 4) is 17.1 Å². The Bertz CT molecular complexity index is 494. The second kappa shape index (κ2) is 4.60. The molecule has 0 unspecified atom stereocenters. The molecule has 1 aromatic heterocycles. The van der Waals surface area contributed by atoms with Crippen molar-refractivity contribution in [3.63, 3.8) is 0 Å². The average molecular weight is 238 g/mol. The van der Waals surface area contributed by atoms with Crippen LogP contribution in [0.3, 0.4) is 0 Å². The van der Waals surface area contributed by atoms with Gasteiger partial charge < -0.3 is 14.9 Å². The zero-order chi connectivity index (χ0) is 11.5. The molecule has 0 aliphatic heterocycles. The van der Waals surface area contributed by atoms with Gasteiger partial charge in [-0.05, 0) is 30.3 Å². The molecule has 2 N–H and O–H groups in total. The van der Waals surface area contributed by atoms with Crippen molar-refractivity contribution in [2.75, 3.05) is 7.11 Å². The van der Waals surface area contributed by atoms with Gasteiger partial charge in [-0.25, -0.2) is 0 Å². The Morgan fingerprint density at radius 3 is 2.75 bits per heavy atom. The van der Waals surface area contributed by atoms with Crippen molar-refractivity contribution in [2.24, 2.45) is 5.73 Å². The monoisotopic (exact) mass is 237 g/mol. The van der Waals surface area contributed by atoms with Gasteiger partial charge in [0, 0.05) is 5.02 Å². The van der Waals surface area contributed by atoms with E-state index < -0.39 is 0 Å². The molecule has 0 aliphatic rings. The molecule has 0 spiro atoms. The van der Waals surface area contributed by atoms with Crippen LogP contribution in [0.2, 0.25) is 5.02 Å². The molecular formula is C12H12ClNO2. The van der Waals surface area contributed by atoms with Crippen molar-refractivity contribution in [2.45, 2.75) is 6.54 Å². The van der Waals surface area contributed by atoms with E-state index in [1.165, 1.54) is 0 Å². The summed E-state index contributed by atoms with van der Waals surface area (Å²) in [6, 6.07) is 9.09. The van der Waals surface area contributed by atoms with Gasteiger partial charge in [-0.1, -0.05) is 11.6 Å². The maximum Gasteiger partial charge on any atom is 0.138 e. The molecule has 1 heterocycles. The van der Waals surface area contributed by atoms with Crippen LogP contribution in [0.1, 0.15) is 5.76 Å². The number of rotatable bonds is 3. The number of nitrogens with two attached hydrogens (primary N) is 1. The third-order valence-corrected chi connectivity index (χ3v) is 2.52. The highest BCUT2D eigenvalue weighted by molar-refractivity contribution is 6.30. The van der Waals surface area contributed by atoms with Crippen LogP contribution >= 0.6 is 11.6 Å². The highest BCUT2D eigenvalue weighted by atomic mass is 35.5. The van der Waals surface area contributed by atoms with Gasteiger partial charge >= 0.3 is 0 Å². The highest BCUT2D eigenvalue weighted by Gasteiger charge is 2.10. The van der Waals surface area contributed by atoms with E-state index in [0.717, 1.165) is 17.1 Å². The van der Waals surface area contributed by atoms with Crippen molar-refractivity contribution in [3.05, 3.63) is 41.1 Å². The summed E-state index contributed by atoms with van der Waals surface area (Å²) in [7, 11) is 1.61. The topological polar surface area (TPSA) is 48.4 Å². The third-order valence-electron chi connectivity index (χ3n) is 2.29. The van der Waals surface area contributed by atoms with Crippen molar-refractivity contribution >= 4 is 11.6 Å². The van der Waals surface area contributed by atoms with E-state index in [2.05, 4.69) is 0 Å². The van der Waals surface area contributed by atoms with Crippen LogP contribution in [0.15, 0.2) is 34.7 Å². The first kappa shape index (κ1) is 11.0. The number of hydrogen-bond donors (Lipinski definition) is 1. The van der Waals surface area contributed by atoms with E-state index in [9.17, 15) is 0 Å². The molecule has 3 nitrogen and oxygen atoms in total. The molecule has 16 heavy (non-hydrogen) atoms. The van der Waals surface area contributed by atoms with Gasteiger partial charge in [-0.15, -0.1) is 0 Å². The van der Waals surface area contributed by atoms with Gasteiger partial charge in [0.1, 0.15) is 17.3 Å². The fourth-order valence-corrected chi connectivity index (χ4v) is 1.68. The van der Waals surface area contributed by atoms with Gasteiger partial charge in [0.05, 0.1) is 19.2 Å². The summed E-state index contributed by atoms with van der Waals surface area (Å²) in [5.41, 5.74) is 6.32. The standard InChI is InChI=1S/C12H12ClNO2/c1-15-11-4-2-8(13)6-10(11)12-5-3-9(7-14)16-12/h2-6H,7,14H2,1H3. The second-order valence-corrected chi connectivity index (χ2v) is 3.75. The predicted molar refractivity (Wildman–Crippen MR) is 63.6 cm³/mol. The Morgan fingerprint density at radius 1 is 1.31 bits per heavy atom. The molecule has 0 bridgehead atoms. The number of hydrogen-bond acceptors (Lipinski definition) is 3. The minimum absolute atomic E-state index is 0.378. The fraction of sp³-hybridized carbons (Fsp3) is 0.167. The normalized spacial score (nSPS) is 10.4. The molecule has 2 rings (SSSR count). The summed E-state index contributed by atoms with van der Waals surface area (Å²) >= 11 is 5.94. The smallest absolute Gasteiger partial charge is 0.138 e. The molecule has 0 saturated carbocycles. The number of halogens is 1. The molecule has 1 aromatic carbocycles. The molecular weight excluding hydrogens is 226 g/mol. The Kier molecular flexibility index (Phi) is 3.17. The Labute approximate surface area is 98.8 Å². The molecule has 0 saturated heterocycles. The van der Waals surface area contributed by atoms with E-state index in [0.29, 0.717) is 17.3 Å². The number of furan rings is 1. The van der Waals surface area contributed by atoms with Gasteiger partial charge in [-0.2, -0.15) is 0 Å². The predicted octanol–water partition coefficient (Wildman–Crippen LogP) is 3.07. The Morgan fingerprint density at radius 2 is 2.12 bits per heavy atom. The molecule has 84 valence electrons. The van der Waals surface area contributed by atoms with Crippen LogP contribution < -0.4 is 10.5 Å². The van der Waals surface area contributed by atoms with Gasteiger partial charge in [0.2, 0.25) is 0 Å². The summed E-state index contributed by atoms with van der Waals surface area (Å²) in [4.78, 5) is 0. The SMILES string of the molecule is COc1ccc(Cl)cc1-c1ccc(CN)o1. The number of methoxy groups -OCH3 is 1. The maximum atomic E-state index is 5.94.